The standard InChI is InChI=1S/C17H24N4O2/c1-20(11-13-6-2-3-7-15(13)22)17(23)18-10-14-12-21-9-5-4-8-16(21)19-14/h4-5,8-9,12-13,15,22H,2-3,6-7,10-11H2,1H3,(H,18,23)/t13-,15+/m0/s1. The van der Waals surface area contributed by atoms with Gasteiger partial charge < -0.3 is 19.7 Å². The summed E-state index contributed by atoms with van der Waals surface area (Å²) >= 11 is 0. The van der Waals surface area contributed by atoms with Crippen LogP contribution in [0.25, 0.3) is 5.65 Å². The molecule has 1 aliphatic carbocycles. The zero-order chi connectivity index (χ0) is 16.2. The molecule has 0 unspecified atom stereocenters. The van der Waals surface area contributed by atoms with E-state index in [1.54, 1.807) is 11.9 Å². The smallest absolute Gasteiger partial charge is 0.317 e. The number of amides is 2. The third kappa shape index (κ3) is 3.82. The van der Waals surface area contributed by atoms with Crippen LogP contribution in [0.2, 0.25) is 0 Å². The summed E-state index contributed by atoms with van der Waals surface area (Å²) in [6, 6.07) is 5.69. The number of aromatic nitrogens is 2. The molecule has 0 spiro atoms. The highest BCUT2D eigenvalue weighted by molar-refractivity contribution is 5.73. The maximum Gasteiger partial charge on any atom is 0.317 e. The molecular formula is C17H24N4O2. The number of carbonyl (C=O) groups excluding carboxylic acids is 1. The molecule has 2 amide bonds. The van der Waals surface area contributed by atoms with Gasteiger partial charge in [-0.15, -0.1) is 0 Å². The van der Waals surface area contributed by atoms with Gasteiger partial charge in [0.1, 0.15) is 5.65 Å². The number of hydrogen-bond donors (Lipinski definition) is 2. The van der Waals surface area contributed by atoms with Crippen molar-refractivity contribution in [1.29, 1.82) is 0 Å². The zero-order valence-corrected chi connectivity index (χ0v) is 13.5. The van der Waals surface area contributed by atoms with Gasteiger partial charge in [-0.05, 0) is 25.0 Å². The molecule has 0 aromatic carbocycles. The number of carbonyl (C=O) groups is 1. The van der Waals surface area contributed by atoms with Gasteiger partial charge >= 0.3 is 6.03 Å². The van der Waals surface area contributed by atoms with Crippen LogP contribution in [-0.2, 0) is 6.54 Å². The molecule has 6 heteroatoms. The zero-order valence-electron chi connectivity index (χ0n) is 13.5. The number of urea groups is 1. The van der Waals surface area contributed by atoms with Gasteiger partial charge in [-0.25, -0.2) is 9.78 Å². The van der Waals surface area contributed by atoms with Crippen molar-refractivity contribution in [2.75, 3.05) is 13.6 Å². The Morgan fingerprint density at radius 2 is 2.26 bits per heavy atom. The van der Waals surface area contributed by atoms with Crippen LogP contribution >= 0.6 is 0 Å². The topological polar surface area (TPSA) is 69.9 Å². The quantitative estimate of drug-likeness (QED) is 0.907. The van der Waals surface area contributed by atoms with Gasteiger partial charge in [-0.1, -0.05) is 18.9 Å². The molecule has 2 aromatic heterocycles. The fourth-order valence-corrected chi connectivity index (χ4v) is 3.21. The lowest BCUT2D eigenvalue weighted by atomic mass is 9.86. The van der Waals surface area contributed by atoms with Crippen molar-refractivity contribution >= 4 is 11.7 Å². The number of aliphatic hydroxyl groups excluding tert-OH is 1. The van der Waals surface area contributed by atoms with E-state index in [1.165, 1.54) is 0 Å². The van der Waals surface area contributed by atoms with Crippen molar-refractivity contribution < 1.29 is 9.90 Å². The first-order valence-corrected chi connectivity index (χ1v) is 8.23. The van der Waals surface area contributed by atoms with Gasteiger partial charge in [0.05, 0.1) is 18.3 Å². The highest BCUT2D eigenvalue weighted by Gasteiger charge is 2.25. The molecule has 2 N–H and O–H groups in total. The van der Waals surface area contributed by atoms with Crippen LogP contribution in [-0.4, -0.2) is 45.1 Å². The van der Waals surface area contributed by atoms with E-state index < -0.39 is 0 Å². The van der Waals surface area contributed by atoms with E-state index in [1.807, 2.05) is 35.0 Å². The Bertz CT molecular complexity index is 636. The Balaban J connectivity index is 1.51. The van der Waals surface area contributed by atoms with Crippen molar-refractivity contribution in [2.24, 2.45) is 5.92 Å². The highest BCUT2D eigenvalue weighted by Crippen LogP contribution is 2.24. The average Bonchev–Trinajstić information content (AvgIpc) is 2.97. The van der Waals surface area contributed by atoms with E-state index in [-0.39, 0.29) is 18.1 Å². The summed E-state index contributed by atoms with van der Waals surface area (Å²) in [6.07, 6.45) is 7.63. The van der Waals surface area contributed by atoms with E-state index in [4.69, 9.17) is 0 Å². The second-order valence-corrected chi connectivity index (χ2v) is 6.35. The summed E-state index contributed by atoms with van der Waals surface area (Å²) in [6.45, 7) is 0.996. The van der Waals surface area contributed by atoms with Gasteiger partial charge in [0.2, 0.25) is 0 Å². The summed E-state index contributed by atoms with van der Waals surface area (Å²) in [5.74, 6) is 0.190. The molecule has 124 valence electrons. The average molecular weight is 316 g/mol. The molecule has 0 bridgehead atoms. The molecule has 6 nitrogen and oxygen atoms in total. The van der Waals surface area contributed by atoms with Gasteiger partial charge in [0, 0.05) is 31.9 Å². The van der Waals surface area contributed by atoms with Crippen LogP contribution in [0.15, 0.2) is 30.6 Å². The molecule has 1 fully saturated rings. The number of imidazole rings is 1. The minimum Gasteiger partial charge on any atom is -0.393 e. The molecule has 1 saturated carbocycles. The molecular weight excluding hydrogens is 292 g/mol. The van der Waals surface area contributed by atoms with Crippen LogP contribution in [0.3, 0.4) is 0 Å². The van der Waals surface area contributed by atoms with E-state index in [0.717, 1.165) is 37.0 Å². The van der Waals surface area contributed by atoms with Gasteiger partial charge in [0.15, 0.2) is 0 Å². The first-order chi connectivity index (χ1) is 11.1. The normalized spacial score (nSPS) is 21.3. The monoisotopic (exact) mass is 316 g/mol. The predicted molar refractivity (Wildman–Crippen MR) is 88.0 cm³/mol. The van der Waals surface area contributed by atoms with Crippen molar-refractivity contribution in [3.63, 3.8) is 0 Å². The van der Waals surface area contributed by atoms with Crippen LogP contribution in [0, 0.1) is 5.92 Å². The summed E-state index contributed by atoms with van der Waals surface area (Å²) in [7, 11) is 1.78. The largest absolute Gasteiger partial charge is 0.393 e. The van der Waals surface area contributed by atoms with Gasteiger partial charge in [-0.3, -0.25) is 0 Å². The third-order valence-corrected chi connectivity index (χ3v) is 4.56. The van der Waals surface area contributed by atoms with E-state index in [2.05, 4.69) is 10.3 Å². The molecule has 3 rings (SSSR count). The molecule has 0 saturated heterocycles. The Morgan fingerprint density at radius 1 is 1.43 bits per heavy atom. The lowest BCUT2D eigenvalue weighted by Crippen LogP contribution is -2.42. The minimum absolute atomic E-state index is 0.125. The Morgan fingerprint density at radius 3 is 3.04 bits per heavy atom. The Labute approximate surface area is 136 Å². The van der Waals surface area contributed by atoms with Crippen LogP contribution in [0.4, 0.5) is 4.79 Å². The minimum atomic E-state index is -0.280. The highest BCUT2D eigenvalue weighted by atomic mass is 16.3. The first-order valence-electron chi connectivity index (χ1n) is 8.23. The number of aliphatic hydroxyl groups is 1. The molecule has 0 radical (unpaired) electrons. The van der Waals surface area contributed by atoms with Crippen molar-refractivity contribution in [3.8, 4) is 0 Å². The van der Waals surface area contributed by atoms with E-state index in [9.17, 15) is 9.90 Å². The van der Waals surface area contributed by atoms with Crippen LogP contribution in [0.1, 0.15) is 31.4 Å². The lowest BCUT2D eigenvalue weighted by Gasteiger charge is -2.31. The lowest BCUT2D eigenvalue weighted by molar-refractivity contribution is 0.0565. The number of hydrogen-bond acceptors (Lipinski definition) is 3. The summed E-state index contributed by atoms with van der Waals surface area (Å²) in [5.41, 5.74) is 1.70. The Hall–Kier alpha value is -2.08. The van der Waals surface area contributed by atoms with Crippen LogP contribution < -0.4 is 5.32 Å². The second kappa shape index (κ2) is 7.00. The summed E-state index contributed by atoms with van der Waals surface area (Å²) < 4.78 is 1.93. The molecule has 2 atom stereocenters. The maximum absolute atomic E-state index is 12.2. The first kappa shape index (κ1) is 15.8. The van der Waals surface area contributed by atoms with Crippen LogP contribution in [0.5, 0.6) is 0 Å². The number of nitrogens with one attached hydrogen (secondary N) is 1. The second-order valence-electron chi connectivity index (χ2n) is 6.35. The Kier molecular flexibility index (Phi) is 4.81. The maximum atomic E-state index is 12.2. The van der Waals surface area contributed by atoms with Crippen molar-refractivity contribution in [2.45, 2.75) is 38.3 Å². The fourth-order valence-electron chi connectivity index (χ4n) is 3.21. The predicted octanol–water partition coefficient (Wildman–Crippen LogP) is 2.03. The van der Waals surface area contributed by atoms with Crippen molar-refractivity contribution in [1.82, 2.24) is 19.6 Å². The van der Waals surface area contributed by atoms with E-state index >= 15 is 0 Å². The summed E-state index contributed by atoms with van der Waals surface area (Å²) in [5, 5.41) is 12.9. The number of nitrogens with zero attached hydrogens (tertiary/aromatic N) is 3. The van der Waals surface area contributed by atoms with Gasteiger partial charge in [0.25, 0.3) is 0 Å². The van der Waals surface area contributed by atoms with Crippen molar-refractivity contribution in [3.05, 3.63) is 36.3 Å². The number of pyridine rings is 1. The molecule has 2 aromatic rings. The van der Waals surface area contributed by atoms with E-state index in [0.29, 0.717) is 13.1 Å². The molecule has 0 aliphatic heterocycles. The fraction of sp³-hybridized carbons (Fsp3) is 0.529. The van der Waals surface area contributed by atoms with Gasteiger partial charge in [-0.2, -0.15) is 0 Å². The molecule has 2 heterocycles. The molecule has 23 heavy (non-hydrogen) atoms. The molecule has 1 aliphatic rings. The number of rotatable bonds is 4. The SMILES string of the molecule is CN(C[C@@H]1CCCC[C@H]1O)C(=O)NCc1cn2ccccc2n1. The number of fused-ring (bicyclic) bond motifs is 1. The summed E-state index contributed by atoms with van der Waals surface area (Å²) in [4.78, 5) is 18.3. The third-order valence-electron chi connectivity index (χ3n) is 4.56.